The number of ketones is 1. The second-order valence-electron chi connectivity index (χ2n) is 6.12. The number of aryl methyl sites for hydroxylation is 1. The maximum absolute atomic E-state index is 12.4. The summed E-state index contributed by atoms with van der Waals surface area (Å²) in [6, 6.07) is 8.51. The van der Waals surface area contributed by atoms with E-state index in [1.165, 1.54) is 22.3 Å². The van der Waals surface area contributed by atoms with Gasteiger partial charge in [-0.25, -0.2) is 0 Å². The Kier molecular flexibility index (Phi) is 7.88. The number of rotatable bonds is 8. The topological polar surface area (TPSA) is 39.4 Å². The standard InChI is InChI=1S/C21H16BrCl3O3S/c1-2-3-19-15(22)10-20(29-19)18(26)7-6-13-4-5-14(28-13)11-27-21-16(24)8-12(23)9-17(21)25/h4-10H,2-3,11H2,1H3/b7-6+. The van der Waals surface area contributed by atoms with Gasteiger partial charge in [0.05, 0.1) is 14.9 Å². The Morgan fingerprint density at radius 1 is 1.21 bits per heavy atom. The van der Waals surface area contributed by atoms with E-state index in [2.05, 4.69) is 22.9 Å². The number of hydrogen-bond donors (Lipinski definition) is 0. The minimum atomic E-state index is -0.0630. The van der Waals surface area contributed by atoms with Crippen molar-refractivity contribution >= 4 is 73.9 Å². The van der Waals surface area contributed by atoms with Crippen LogP contribution in [0.3, 0.4) is 0 Å². The van der Waals surface area contributed by atoms with Crippen molar-refractivity contribution in [3.05, 3.63) is 77.2 Å². The zero-order valence-electron chi connectivity index (χ0n) is 15.3. The highest BCUT2D eigenvalue weighted by Gasteiger charge is 2.12. The van der Waals surface area contributed by atoms with Crippen LogP contribution in [0, 0.1) is 0 Å². The molecule has 3 aromatic rings. The van der Waals surface area contributed by atoms with Crippen LogP contribution < -0.4 is 4.74 Å². The molecule has 0 aliphatic heterocycles. The molecule has 3 rings (SSSR count). The molecule has 0 aliphatic carbocycles. The fourth-order valence-corrected chi connectivity index (χ4v) is 5.36. The van der Waals surface area contributed by atoms with Crippen LogP contribution in [0.1, 0.15) is 39.4 Å². The number of ether oxygens (including phenoxy) is 1. The predicted octanol–water partition coefficient (Wildman–Crippen LogP) is 8.49. The summed E-state index contributed by atoms with van der Waals surface area (Å²) < 4.78 is 12.3. The molecule has 0 amide bonds. The average molecular weight is 535 g/mol. The van der Waals surface area contributed by atoms with Gasteiger partial charge in [-0.2, -0.15) is 0 Å². The van der Waals surface area contributed by atoms with Gasteiger partial charge < -0.3 is 9.15 Å². The van der Waals surface area contributed by atoms with Crippen molar-refractivity contribution in [2.45, 2.75) is 26.4 Å². The summed E-state index contributed by atoms with van der Waals surface area (Å²) in [4.78, 5) is 14.3. The number of benzene rings is 1. The first-order valence-corrected chi connectivity index (χ1v) is 11.5. The van der Waals surface area contributed by atoms with Gasteiger partial charge in [-0.1, -0.05) is 48.1 Å². The Bertz CT molecular complexity index is 1030. The summed E-state index contributed by atoms with van der Waals surface area (Å²) in [6.07, 6.45) is 5.13. The molecule has 0 bridgehead atoms. The predicted molar refractivity (Wildman–Crippen MR) is 124 cm³/mol. The Hall–Kier alpha value is -1.24. The number of allylic oxidation sites excluding steroid dienone is 1. The molecule has 0 saturated heterocycles. The molecule has 0 fully saturated rings. The minimum Gasteiger partial charge on any atom is -0.483 e. The molecule has 0 unspecified atom stereocenters. The molecule has 0 radical (unpaired) electrons. The van der Waals surface area contributed by atoms with E-state index >= 15 is 0 Å². The first kappa shape index (κ1) is 22.4. The van der Waals surface area contributed by atoms with Gasteiger partial charge in [-0.3, -0.25) is 4.79 Å². The minimum absolute atomic E-state index is 0.0630. The Balaban J connectivity index is 1.63. The summed E-state index contributed by atoms with van der Waals surface area (Å²) in [5.74, 6) is 1.40. The fraction of sp³-hybridized carbons (Fsp3) is 0.190. The monoisotopic (exact) mass is 532 g/mol. The molecule has 2 heterocycles. The SMILES string of the molecule is CCCc1sc(C(=O)/C=C/c2ccc(COc3c(Cl)cc(Cl)cc3Cl)o2)cc1Br. The van der Waals surface area contributed by atoms with Gasteiger partial charge in [0, 0.05) is 14.4 Å². The lowest BCUT2D eigenvalue weighted by Gasteiger charge is -2.08. The summed E-state index contributed by atoms with van der Waals surface area (Å²) in [5.41, 5.74) is 0. The van der Waals surface area contributed by atoms with Crippen molar-refractivity contribution in [2.24, 2.45) is 0 Å². The van der Waals surface area contributed by atoms with Crippen molar-refractivity contribution in [2.75, 3.05) is 0 Å². The molecule has 0 N–H and O–H groups in total. The van der Waals surface area contributed by atoms with E-state index in [-0.39, 0.29) is 12.4 Å². The maximum atomic E-state index is 12.4. The normalized spacial score (nSPS) is 11.3. The van der Waals surface area contributed by atoms with Crippen LogP contribution in [0.5, 0.6) is 5.75 Å². The lowest BCUT2D eigenvalue weighted by atomic mass is 10.2. The molecule has 0 aliphatic rings. The fourth-order valence-electron chi connectivity index (χ4n) is 2.54. The highest BCUT2D eigenvalue weighted by atomic mass is 79.9. The third kappa shape index (κ3) is 5.89. The van der Waals surface area contributed by atoms with Crippen LogP contribution in [0.4, 0.5) is 0 Å². The van der Waals surface area contributed by atoms with Crippen LogP contribution in [-0.4, -0.2) is 5.78 Å². The molecule has 0 atom stereocenters. The first-order valence-electron chi connectivity index (χ1n) is 8.74. The molecular weight excluding hydrogens is 519 g/mol. The smallest absolute Gasteiger partial charge is 0.195 e. The lowest BCUT2D eigenvalue weighted by molar-refractivity contribution is 0.105. The van der Waals surface area contributed by atoms with E-state index in [0.29, 0.717) is 37.2 Å². The molecule has 8 heteroatoms. The molecule has 1 aromatic carbocycles. The van der Waals surface area contributed by atoms with E-state index in [9.17, 15) is 4.79 Å². The zero-order chi connectivity index (χ0) is 21.0. The van der Waals surface area contributed by atoms with Gasteiger partial charge >= 0.3 is 0 Å². The van der Waals surface area contributed by atoms with E-state index in [0.717, 1.165) is 17.3 Å². The quantitative estimate of drug-likeness (QED) is 0.215. The van der Waals surface area contributed by atoms with E-state index in [1.807, 2.05) is 6.07 Å². The molecule has 0 saturated carbocycles. The molecule has 29 heavy (non-hydrogen) atoms. The second-order valence-corrected chi connectivity index (χ2v) is 9.36. The van der Waals surface area contributed by atoms with Crippen LogP contribution >= 0.6 is 62.1 Å². The average Bonchev–Trinajstić information content (AvgIpc) is 3.26. The van der Waals surface area contributed by atoms with Crippen LogP contribution in [0.25, 0.3) is 6.08 Å². The molecule has 0 spiro atoms. The maximum Gasteiger partial charge on any atom is 0.195 e. The van der Waals surface area contributed by atoms with Crippen molar-refractivity contribution in [3.8, 4) is 5.75 Å². The van der Waals surface area contributed by atoms with Crippen LogP contribution in [-0.2, 0) is 13.0 Å². The molecular formula is C21H16BrCl3O3S. The number of carbonyl (C=O) groups excluding carboxylic acids is 1. The number of furan rings is 1. The molecule has 152 valence electrons. The van der Waals surface area contributed by atoms with E-state index in [1.54, 1.807) is 30.3 Å². The van der Waals surface area contributed by atoms with Gasteiger partial charge in [0.15, 0.2) is 11.5 Å². The van der Waals surface area contributed by atoms with E-state index < -0.39 is 0 Å². The zero-order valence-corrected chi connectivity index (χ0v) is 20.0. The van der Waals surface area contributed by atoms with Crippen LogP contribution in [0.2, 0.25) is 15.1 Å². The van der Waals surface area contributed by atoms with Crippen molar-refractivity contribution in [1.82, 2.24) is 0 Å². The Morgan fingerprint density at radius 2 is 1.93 bits per heavy atom. The number of thiophene rings is 1. The first-order chi connectivity index (χ1) is 13.9. The van der Waals surface area contributed by atoms with Gasteiger partial charge in [-0.05, 0) is 64.8 Å². The van der Waals surface area contributed by atoms with Crippen molar-refractivity contribution in [3.63, 3.8) is 0 Å². The highest BCUT2D eigenvalue weighted by Crippen LogP contribution is 2.36. The third-order valence-electron chi connectivity index (χ3n) is 3.88. The molecule has 3 nitrogen and oxygen atoms in total. The summed E-state index contributed by atoms with van der Waals surface area (Å²) in [6.45, 7) is 2.25. The molecule has 2 aromatic heterocycles. The van der Waals surface area contributed by atoms with Gasteiger partial charge in [-0.15, -0.1) is 11.3 Å². The summed E-state index contributed by atoms with van der Waals surface area (Å²) in [5, 5.41) is 1.08. The van der Waals surface area contributed by atoms with Crippen molar-refractivity contribution in [1.29, 1.82) is 0 Å². The lowest BCUT2D eigenvalue weighted by Crippen LogP contribution is -1.95. The Labute approximate surface area is 196 Å². The van der Waals surface area contributed by atoms with E-state index in [4.69, 9.17) is 44.0 Å². The van der Waals surface area contributed by atoms with Crippen LogP contribution in [0.15, 0.2) is 45.3 Å². The van der Waals surface area contributed by atoms with Gasteiger partial charge in [0.2, 0.25) is 0 Å². The Morgan fingerprint density at radius 3 is 2.62 bits per heavy atom. The van der Waals surface area contributed by atoms with Gasteiger partial charge in [0.1, 0.15) is 18.1 Å². The van der Waals surface area contributed by atoms with Crippen molar-refractivity contribution < 1.29 is 13.9 Å². The highest BCUT2D eigenvalue weighted by molar-refractivity contribution is 9.10. The number of carbonyl (C=O) groups is 1. The summed E-state index contributed by atoms with van der Waals surface area (Å²) >= 11 is 23.1. The van der Waals surface area contributed by atoms with Gasteiger partial charge in [0.25, 0.3) is 0 Å². The summed E-state index contributed by atoms with van der Waals surface area (Å²) in [7, 11) is 0. The number of hydrogen-bond acceptors (Lipinski definition) is 4. The second kappa shape index (κ2) is 10.2. The largest absolute Gasteiger partial charge is 0.483 e. The number of halogens is 4. The third-order valence-corrected chi connectivity index (χ3v) is 6.84.